The second-order valence-electron chi connectivity index (χ2n) is 6.57. The fourth-order valence-corrected chi connectivity index (χ4v) is 4.67. The highest BCUT2D eigenvalue weighted by atomic mass is 79.9. The molecule has 0 saturated carbocycles. The van der Waals surface area contributed by atoms with Crippen molar-refractivity contribution in [1.29, 1.82) is 0 Å². The Morgan fingerprint density at radius 1 is 1.04 bits per heavy atom. The molecule has 3 rings (SSSR count). The van der Waals surface area contributed by atoms with Gasteiger partial charge in [-0.05, 0) is 56.7 Å². The lowest BCUT2D eigenvalue weighted by atomic mass is 9.69. The number of hydrogen-bond donors (Lipinski definition) is 0. The summed E-state index contributed by atoms with van der Waals surface area (Å²) in [5.41, 5.74) is 0.901. The highest BCUT2D eigenvalue weighted by molar-refractivity contribution is 8.93. The van der Waals surface area contributed by atoms with E-state index in [4.69, 9.17) is 0 Å². The Balaban J connectivity index is 0.00000225. The number of carbonyl (C=O) groups is 1. The number of Topliss-reactive ketones (excluding diaryl/α,β-unsaturated/α-hetero) is 1. The van der Waals surface area contributed by atoms with Gasteiger partial charge in [-0.1, -0.05) is 55.1 Å². The summed E-state index contributed by atoms with van der Waals surface area (Å²) in [6.45, 7) is 3.96. The van der Waals surface area contributed by atoms with Crippen LogP contribution in [0.1, 0.15) is 31.7 Å². The third-order valence-corrected chi connectivity index (χ3v) is 6.15. The molecule has 2 nitrogen and oxygen atoms in total. The van der Waals surface area contributed by atoms with Crippen molar-refractivity contribution in [2.75, 3.05) is 20.1 Å². The van der Waals surface area contributed by atoms with E-state index in [-0.39, 0.29) is 22.4 Å². The Labute approximate surface area is 165 Å². The SMILES string of the molecule is Br.CCC(=O)C1(c2ccccc2Sc2ccccc2)CCN(C)CC1. The molecule has 0 spiro atoms. The van der Waals surface area contributed by atoms with Gasteiger partial charge in [0.1, 0.15) is 5.78 Å². The van der Waals surface area contributed by atoms with E-state index < -0.39 is 0 Å². The monoisotopic (exact) mass is 419 g/mol. The van der Waals surface area contributed by atoms with Crippen molar-refractivity contribution in [3.63, 3.8) is 0 Å². The zero-order chi connectivity index (χ0) is 17.0. The van der Waals surface area contributed by atoms with E-state index in [1.54, 1.807) is 11.8 Å². The first-order valence-electron chi connectivity index (χ1n) is 8.70. The summed E-state index contributed by atoms with van der Waals surface area (Å²) in [5.74, 6) is 0.386. The highest BCUT2D eigenvalue weighted by Crippen LogP contribution is 2.43. The van der Waals surface area contributed by atoms with E-state index in [1.807, 2.05) is 13.0 Å². The molecule has 2 aromatic rings. The number of rotatable bonds is 5. The molecular weight excluding hydrogens is 394 g/mol. The molecule has 2 aromatic carbocycles. The standard InChI is InChI=1S/C21H25NOS.BrH/c1-3-20(23)21(13-15-22(2)16-14-21)18-11-7-8-12-19(18)24-17-9-5-4-6-10-17;/h4-12H,3,13-16H2,1-2H3;1H. The van der Waals surface area contributed by atoms with Gasteiger partial charge in [0.15, 0.2) is 0 Å². The van der Waals surface area contributed by atoms with Crippen molar-refractivity contribution >= 4 is 34.5 Å². The minimum atomic E-state index is -0.320. The first kappa shape index (κ1) is 20.2. The molecule has 0 radical (unpaired) electrons. The summed E-state index contributed by atoms with van der Waals surface area (Å²) >= 11 is 1.77. The van der Waals surface area contributed by atoms with Gasteiger partial charge in [0.25, 0.3) is 0 Å². The Morgan fingerprint density at radius 3 is 2.28 bits per heavy atom. The molecule has 0 amide bonds. The average molecular weight is 420 g/mol. The topological polar surface area (TPSA) is 20.3 Å². The lowest BCUT2D eigenvalue weighted by molar-refractivity contribution is -0.126. The summed E-state index contributed by atoms with van der Waals surface area (Å²) < 4.78 is 0. The van der Waals surface area contributed by atoms with Crippen molar-refractivity contribution < 1.29 is 4.79 Å². The van der Waals surface area contributed by atoms with Crippen molar-refractivity contribution in [2.45, 2.75) is 41.4 Å². The quantitative estimate of drug-likeness (QED) is 0.650. The van der Waals surface area contributed by atoms with E-state index in [9.17, 15) is 4.79 Å². The maximum absolute atomic E-state index is 13.0. The number of likely N-dealkylation sites (tertiary alicyclic amines) is 1. The maximum Gasteiger partial charge on any atom is 0.143 e. The van der Waals surface area contributed by atoms with Gasteiger partial charge in [0.2, 0.25) is 0 Å². The molecule has 0 bridgehead atoms. The van der Waals surface area contributed by atoms with Gasteiger partial charge in [0.05, 0.1) is 5.41 Å². The van der Waals surface area contributed by atoms with Crippen LogP contribution in [0.5, 0.6) is 0 Å². The van der Waals surface area contributed by atoms with E-state index in [0.29, 0.717) is 12.2 Å². The summed E-state index contributed by atoms with van der Waals surface area (Å²) in [7, 11) is 2.14. The summed E-state index contributed by atoms with van der Waals surface area (Å²) in [6.07, 6.45) is 2.44. The van der Waals surface area contributed by atoms with Crippen LogP contribution in [0.2, 0.25) is 0 Å². The number of nitrogens with zero attached hydrogens (tertiary/aromatic N) is 1. The number of hydrogen-bond acceptors (Lipinski definition) is 3. The first-order valence-corrected chi connectivity index (χ1v) is 9.51. The smallest absolute Gasteiger partial charge is 0.143 e. The van der Waals surface area contributed by atoms with Gasteiger partial charge >= 0.3 is 0 Å². The van der Waals surface area contributed by atoms with E-state index in [1.165, 1.54) is 15.4 Å². The van der Waals surface area contributed by atoms with Crippen LogP contribution in [0.4, 0.5) is 0 Å². The molecule has 1 saturated heterocycles. The molecule has 0 unspecified atom stereocenters. The molecule has 4 heteroatoms. The normalized spacial score (nSPS) is 16.9. The van der Waals surface area contributed by atoms with Crippen molar-refractivity contribution in [2.24, 2.45) is 0 Å². The fourth-order valence-electron chi connectivity index (χ4n) is 3.60. The van der Waals surface area contributed by atoms with Crippen molar-refractivity contribution in [3.05, 3.63) is 60.2 Å². The van der Waals surface area contributed by atoms with Crippen molar-refractivity contribution in [3.8, 4) is 0 Å². The Bertz CT molecular complexity index is 696. The summed E-state index contributed by atoms with van der Waals surface area (Å²) in [4.78, 5) is 17.7. The maximum atomic E-state index is 13.0. The number of piperidine rings is 1. The van der Waals surface area contributed by atoms with Gasteiger partial charge in [0, 0.05) is 16.2 Å². The molecule has 1 heterocycles. The molecule has 0 aromatic heterocycles. The predicted molar refractivity (Wildman–Crippen MR) is 111 cm³/mol. The Morgan fingerprint density at radius 2 is 1.64 bits per heavy atom. The van der Waals surface area contributed by atoms with Gasteiger partial charge < -0.3 is 4.90 Å². The number of ketones is 1. The number of carbonyl (C=O) groups excluding carboxylic acids is 1. The van der Waals surface area contributed by atoms with Crippen molar-refractivity contribution in [1.82, 2.24) is 4.90 Å². The zero-order valence-electron chi connectivity index (χ0n) is 14.9. The van der Waals surface area contributed by atoms with Crippen LogP contribution in [0.3, 0.4) is 0 Å². The molecular formula is C21H26BrNOS. The molecule has 0 atom stereocenters. The number of benzene rings is 2. The Hall–Kier alpha value is -1.10. The van der Waals surface area contributed by atoms with Crippen LogP contribution in [0.15, 0.2) is 64.4 Å². The Kier molecular flexibility index (Phi) is 7.29. The molecule has 1 aliphatic rings. The second kappa shape index (κ2) is 9.02. The van der Waals surface area contributed by atoms with Crippen LogP contribution in [-0.2, 0) is 10.2 Å². The fraction of sp³-hybridized carbons (Fsp3) is 0.381. The molecule has 1 aliphatic heterocycles. The van der Waals surface area contributed by atoms with Gasteiger partial charge in [-0.2, -0.15) is 0 Å². The molecule has 134 valence electrons. The molecule has 0 N–H and O–H groups in total. The molecule has 25 heavy (non-hydrogen) atoms. The third kappa shape index (κ3) is 4.36. The summed E-state index contributed by atoms with van der Waals surface area (Å²) in [5, 5.41) is 0. The van der Waals surface area contributed by atoms with Crippen LogP contribution in [-0.4, -0.2) is 30.8 Å². The minimum Gasteiger partial charge on any atom is -0.306 e. The lowest BCUT2D eigenvalue weighted by Gasteiger charge is -2.40. The van der Waals surface area contributed by atoms with Gasteiger partial charge in [-0.15, -0.1) is 17.0 Å². The zero-order valence-corrected chi connectivity index (χ0v) is 17.4. The van der Waals surface area contributed by atoms with Gasteiger partial charge in [-0.3, -0.25) is 4.79 Å². The van der Waals surface area contributed by atoms with E-state index >= 15 is 0 Å². The minimum absolute atomic E-state index is 0. The number of halogens is 1. The lowest BCUT2D eigenvalue weighted by Crippen LogP contribution is -2.46. The highest BCUT2D eigenvalue weighted by Gasteiger charge is 2.42. The second-order valence-corrected chi connectivity index (χ2v) is 7.69. The van der Waals surface area contributed by atoms with E-state index in [2.05, 4.69) is 60.5 Å². The van der Waals surface area contributed by atoms with Crippen LogP contribution in [0, 0.1) is 0 Å². The largest absolute Gasteiger partial charge is 0.306 e. The predicted octanol–water partition coefficient (Wildman–Crippen LogP) is 5.36. The summed E-state index contributed by atoms with van der Waals surface area (Å²) in [6, 6.07) is 18.9. The van der Waals surface area contributed by atoms with Crippen LogP contribution < -0.4 is 0 Å². The first-order chi connectivity index (χ1) is 11.7. The van der Waals surface area contributed by atoms with E-state index in [0.717, 1.165) is 25.9 Å². The van der Waals surface area contributed by atoms with Gasteiger partial charge in [-0.25, -0.2) is 0 Å². The average Bonchev–Trinajstić information content (AvgIpc) is 2.63. The van der Waals surface area contributed by atoms with Crippen LogP contribution in [0.25, 0.3) is 0 Å². The van der Waals surface area contributed by atoms with Crippen LogP contribution >= 0.6 is 28.7 Å². The molecule has 1 fully saturated rings. The third-order valence-electron chi connectivity index (χ3n) is 5.07. The molecule has 0 aliphatic carbocycles.